The molecule has 0 saturated heterocycles. The highest BCUT2D eigenvalue weighted by Gasteiger charge is 2.37. The Bertz CT molecular complexity index is 539. The number of aromatic nitrogens is 2. The molecule has 1 aromatic rings. The Morgan fingerprint density at radius 1 is 1.36 bits per heavy atom. The number of halogens is 3. The predicted octanol–water partition coefficient (Wildman–Crippen LogP) is 3.33. The Balaban J connectivity index is 1.95. The molecule has 1 aliphatic rings. The van der Waals surface area contributed by atoms with E-state index in [0.717, 1.165) is 18.9 Å². The van der Waals surface area contributed by atoms with Gasteiger partial charge in [0.15, 0.2) is 5.69 Å². The molecule has 1 heterocycles. The van der Waals surface area contributed by atoms with Gasteiger partial charge in [-0.25, -0.2) is 0 Å². The summed E-state index contributed by atoms with van der Waals surface area (Å²) in [5.74, 6) is 0.0811. The number of rotatable bonds is 5. The van der Waals surface area contributed by atoms with Crippen molar-refractivity contribution >= 4 is 5.91 Å². The van der Waals surface area contributed by atoms with Crippen molar-refractivity contribution in [1.82, 2.24) is 15.1 Å². The van der Waals surface area contributed by atoms with Gasteiger partial charge < -0.3 is 5.32 Å². The third-order valence-electron chi connectivity index (χ3n) is 3.43. The lowest BCUT2D eigenvalue weighted by Gasteiger charge is -2.17. The molecule has 1 saturated carbocycles. The fraction of sp³-hybridized carbons (Fsp3) is 0.733. The zero-order chi connectivity index (χ0) is 16.5. The molecule has 1 aromatic heterocycles. The van der Waals surface area contributed by atoms with Crippen molar-refractivity contribution in [2.24, 2.45) is 5.41 Å². The zero-order valence-electron chi connectivity index (χ0n) is 13.1. The van der Waals surface area contributed by atoms with Crippen LogP contribution in [0.5, 0.6) is 0 Å². The molecule has 7 heteroatoms. The van der Waals surface area contributed by atoms with Crippen molar-refractivity contribution in [1.29, 1.82) is 0 Å². The van der Waals surface area contributed by atoms with Gasteiger partial charge in [0.1, 0.15) is 0 Å². The van der Waals surface area contributed by atoms with Crippen LogP contribution in [0.25, 0.3) is 0 Å². The molecule has 0 aliphatic heterocycles. The number of carbonyl (C=O) groups is 1. The van der Waals surface area contributed by atoms with Crippen LogP contribution in [0.4, 0.5) is 13.2 Å². The van der Waals surface area contributed by atoms with Crippen LogP contribution in [0.2, 0.25) is 0 Å². The van der Waals surface area contributed by atoms with Crippen LogP contribution in [0.15, 0.2) is 6.07 Å². The van der Waals surface area contributed by atoms with Crippen LogP contribution in [0.3, 0.4) is 0 Å². The minimum Gasteiger partial charge on any atom is -0.354 e. The van der Waals surface area contributed by atoms with Gasteiger partial charge in [0.2, 0.25) is 5.91 Å². The van der Waals surface area contributed by atoms with E-state index < -0.39 is 11.9 Å². The summed E-state index contributed by atoms with van der Waals surface area (Å²) < 4.78 is 39.7. The Kier molecular flexibility index (Phi) is 4.54. The first-order valence-electron chi connectivity index (χ1n) is 7.48. The topological polar surface area (TPSA) is 46.9 Å². The van der Waals surface area contributed by atoms with Gasteiger partial charge in [-0.15, -0.1) is 0 Å². The minimum atomic E-state index is -4.43. The average Bonchev–Trinajstić information content (AvgIpc) is 3.06. The largest absolute Gasteiger partial charge is 0.435 e. The molecule has 1 aliphatic carbocycles. The van der Waals surface area contributed by atoms with Crippen molar-refractivity contribution in [3.8, 4) is 0 Å². The maximum absolute atomic E-state index is 12.8. The summed E-state index contributed by atoms with van der Waals surface area (Å²) in [6.45, 7) is 6.42. The van der Waals surface area contributed by atoms with Crippen molar-refractivity contribution < 1.29 is 18.0 Å². The SMILES string of the molecule is CC(C)(C)CC(=O)NCCn1nc(C(F)(F)F)cc1C1CC1. The molecule has 0 spiro atoms. The number of hydrogen-bond acceptors (Lipinski definition) is 2. The normalized spacial score (nSPS) is 15.9. The number of amides is 1. The lowest BCUT2D eigenvalue weighted by molar-refractivity contribution is -0.141. The second kappa shape index (κ2) is 5.93. The first-order valence-corrected chi connectivity index (χ1v) is 7.48. The van der Waals surface area contributed by atoms with E-state index in [2.05, 4.69) is 10.4 Å². The van der Waals surface area contributed by atoms with Crippen LogP contribution in [-0.2, 0) is 17.5 Å². The average molecular weight is 317 g/mol. The summed E-state index contributed by atoms with van der Waals surface area (Å²) in [7, 11) is 0. The van der Waals surface area contributed by atoms with Crippen molar-refractivity contribution in [3.05, 3.63) is 17.5 Å². The Morgan fingerprint density at radius 3 is 2.50 bits per heavy atom. The summed E-state index contributed by atoms with van der Waals surface area (Å²) in [5, 5.41) is 6.40. The fourth-order valence-electron chi connectivity index (χ4n) is 2.30. The lowest BCUT2D eigenvalue weighted by atomic mass is 9.92. The van der Waals surface area contributed by atoms with E-state index in [1.807, 2.05) is 20.8 Å². The summed E-state index contributed by atoms with van der Waals surface area (Å²) in [4.78, 5) is 11.7. The Labute approximate surface area is 128 Å². The van der Waals surface area contributed by atoms with Gasteiger partial charge in [-0.2, -0.15) is 18.3 Å². The first-order chi connectivity index (χ1) is 10.1. The second-order valence-electron chi connectivity index (χ2n) is 7.04. The lowest BCUT2D eigenvalue weighted by Crippen LogP contribution is -2.30. The molecule has 0 unspecified atom stereocenters. The van der Waals surface area contributed by atoms with Gasteiger partial charge in [-0.1, -0.05) is 20.8 Å². The smallest absolute Gasteiger partial charge is 0.354 e. The molecule has 0 radical (unpaired) electrons. The van der Waals surface area contributed by atoms with E-state index in [9.17, 15) is 18.0 Å². The molecular weight excluding hydrogens is 295 g/mol. The molecule has 0 aromatic carbocycles. The van der Waals surface area contributed by atoms with E-state index >= 15 is 0 Å². The molecule has 0 bridgehead atoms. The Hall–Kier alpha value is -1.53. The third kappa shape index (κ3) is 4.74. The first kappa shape index (κ1) is 16.8. The quantitative estimate of drug-likeness (QED) is 0.905. The number of nitrogens with zero attached hydrogens (tertiary/aromatic N) is 2. The number of hydrogen-bond donors (Lipinski definition) is 1. The van der Waals surface area contributed by atoms with Gasteiger partial charge in [0, 0.05) is 24.6 Å². The van der Waals surface area contributed by atoms with Gasteiger partial charge >= 0.3 is 6.18 Å². The number of nitrogens with one attached hydrogen (secondary N) is 1. The standard InChI is InChI=1S/C15H22F3N3O/c1-14(2,3)9-13(22)19-6-7-21-11(10-4-5-10)8-12(20-21)15(16,17)18/h8,10H,4-7,9H2,1-3H3,(H,19,22). The number of carbonyl (C=O) groups excluding carboxylic acids is 1. The van der Waals surface area contributed by atoms with Gasteiger partial charge in [0.25, 0.3) is 0 Å². The van der Waals surface area contributed by atoms with E-state index in [4.69, 9.17) is 0 Å². The highest BCUT2D eigenvalue weighted by molar-refractivity contribution is 5.76. The van der Waals surface area contributed by atoms with Gasteiger partial charge in [0.05, 0.1) is 6.54 Å². The third-order valence-corrected chi connectivity index (χ3v) is 3.43. The van der Waals surface area contributed by atoms with Crippen molar-refractivity contribution in [2.45, 2.75) is 58.7 Å². The highest BCUT2D eigenvalue weighted by atomic mass is 19.4. The predicted molar refractivity (Wildman–Crippen MR) is 76.3 cm³/mol. The maximum Gasteiger partial charge on any atom is 0.435 e. The summed E-state index contributed by atoms with van der Waals surface area (Å²) in [6.07, 6.45) is -2.24. The van der Waals surface area contributed by atoms with Crippen LogP contribution in [0.1, 0.15) is 57.3 Å². The molecule has 0 atom stereocenters. The molecule has 22 heavy (non-hydrogen) atoms. The van der Waals surface area contributed by atoms with E-state index in [0.29, 0.717) is 12.1 Å². The van der Waals surface area contributed by atoms with Gasteiger partial charge in [-0.3, -0.25) is 9.48 Å². The van der Waals surface area contributed by atoms with Crippen LogP contribution >= 0.6 is 0 Å². The molecular formula is C15H22F3N3O. The highest BCUT2D eigenvalue weighted by Crippen LogP contribution is 2.42. The Morgan fingerprint density at radius 2 is 2.00 bits per heavy atom. The molecule has 124 valence electrons. The minimum absolute atomic E-state index is 0.0938. The second-order valence-corrected chi connectivity index (χ2v) is 7.04. The molecule has 2 rings (SSSR count). The van der Waals surface area contributed by atoms with Crippen molar-refractivity contribution in [3.63, 3.8) is 0 Å². The fourth-order valence-corrected chi connectivity index (χ4v) is 2.30. The van der Waals surface area contributed by atoms with Crippen LogP contribution in [-0.4, -0.2) is 22.2 Å². The van der Waals surface area contributed by atoms with Crippen LogP contribution < -0.4 is 5.32 Å². The molecule has 4 nitrogen and oxygen atoms in total. The zero-order valence-corrected chi connectivity index (χ0v) is 13.1. The van der Waals surface area contributed by atoms with E-state index in [1.54, 1.807) is 0 Å². The summed E-state index contributed by atoms with van der Waals surface area (Å²) in [6, 6.07) is 1.13. The van der Waals surface area contributed by atoms with Crippen molar-refractivity contribution in [2.75, 3.05) is 6.54 Å². The number of alkyl halides is 3. The van der Waals surface area contributed by atoms with E-state index in [-0.39, 0.29) is 30.3 Å². The van der Waals surface area contributed by atoms with Crippen LogP contribution in [0, 0.1) is 5.41 Å². The molecule has 1 amide bonds. The maximum atomic E-state index is 12.8. The monoisotopic (exact) mass is 317 g/mol. The molecule has 1 N–H and O–H groups in total. The van der Waals surface area contributed by atoms with E-state index in [1.165, 1.54) is 4.68 Å². The summed E-state index contributed by atoms with van der Waals surface area (Å²) in [5.41, 5.74) is -0.342. The molecule has 1 fully saturated rings. The summed E-state index contributed by atoms with van der Waals surface area (Å²) >= 11 is 0. The van der Waals surface area contributed by atoms with Gasteiger partial charge in [-0.05, 0) is 24.3 Å².